The average Bonchev–Trinajstić information content (AvgIpc) is 3.14. The molecule has 20 heavy (non-hydrogen) atoms. The second-order valence-corrected chi connectivity index (χ2v) is 6.32. The largest absolute Gasteiger partial charge is 0.352 e. The molecule has 2 aromatic rings. The van der Waals surface area contributed by atoms with Crippen molar-refractivity contribution in [2.24, 2.45) is 0 Å². The predicted octanol–water partition coefficient (Wildman–Crippen LogP) is 3.27. The van der Waals surface area contributed by atoms with Crippen LogP contribution in [0.5, 0.6) is 0 Å². The number of fused-ring (bicyclic) bond motifs is 1. The summed E-state index contributed by atoms with van der Waals surface area (Å²) in [5.41, 5.74) is 1.32. The Balaban J connectivity index is 1.96. The van der Waals surface area contributed by atoms with Gasteiger partial charge in [-0.15, -0.1) is 11.3 Å². The van der Waals surface area contributed by atoms with E-state index in [-0.39, 0.29) is 0 Å². The zero-order valence-corrected chi connectivity index (χ0v) is 13.2. The van der Waals surface area contributed by atoms with E-state index in [9.17, 15) is 0 Å². The van der Waals surface area contributed by atoms with Crippen LogP contribution in [-0.4, -0.2) is 28.5 Å². The van der Waals surface area contributed by atoms with Crippen molar-refractivity contribution in [3.63, 3.8) is 0 Å². The van der Waals surface area contributed by atoms with E-state index in [2.05, 4.69) is 40.0 Å². The monoisotopic (exact) mass is 292 g/mol. The second kappa shape index (κ2) is 6.14. The number of rotatable bonds is 6. The van der Waals surface area contributed by atoms with Gasteiger partial charge in [0.15, 0.2) is 10.8 Å². The minimum atomic E-state index is 0.685. The van der Waals surface area contributed by atoms with E-state index in [1.807, 2.05) is 0 Å². The van der Waals surface area contributed by atoms with Crippen molar-refractivity contribution in [2.45, 2.75) is 52.1 Å². The Morgan fingerprint density at radius 2 is 2.20 bits per heavy atom. The maximum atomic E-state index is 4.91. The van der Waals surface area contributed by atoms with E-state index in [4.69, 9.17) is 4.98 Å². The third-order valence-corrected chi connectivity index (χ3v) is 5.02. The maximum absolute atomic E-state index is 4.91. The SMILES string of the molecule is CCNCc1c(N(CC)C2CCCC2)nc2sccn12. The molecule has 1 aliphatic carbocycles. The highest BCUT2D eigenvalue weighted by Gasteiger charge is 2.26. The normalized spacial score (nSPS) is 16.3. The Labute approximate surface area is 124 Å². The van der Waals surface area contributed by atoms with Crippen LogP contribution < -0.4 is 10.2 Å². The van der Waals surface area contributed by atoms with Gasteiger partial charge in [0, 0.05) is 30.7 Å². The lowest BCUT2D eigenvalue weighted by molar-refractivity contribution is 0.607. The highest BCUT2D eigenvalue weighted by molar-refractivity contribution is 7.15. The number of hydrogen-bond acceptors (Lipinski definition) is 4. The van der Waals surface area contributed by atoms with Crippen molar-refractivity contribution in [1.29, 1.82) is 0 Å². The van der Waals surface area contributed by atoms with Gasteiger partial charge in [-0.05, 0) is 26.3 Å². The van der Waals surface area contributed by atoms with E-state index in [0.717, 1.165) is 24.6 Å². The number of hydrogen-bond donors (Lipinski definition) is 1. The molecule has 0 bridgehead atoms. The molecule has 3 rings (SSSR count). The molecule has 0 saturated heterocycles. The highest BCUT2D eigenvalue weighted by atomic mass is 32.1. The van der Waals surface area contributed by atoms with Gasteiger partial charge in [0.05, 0.1) is 5.69 Å². The lowest BCUT2D eigenvalue weighted by atomic mass is 10.2. The van der Waals surface area contributed by atoms with Crippen LogP contribution >= 0.6 is 11.3 Å². The first-order chi connectivity index (χ1) is 9.85. The molecule has 1 saturated carbocycles. The number of nitrogens with zero attached hydrogens (tertiary/aromatic N) is 3. The van der Waals surface area contributed by atoms with E-state index in [0.29, 0.717) is 6.04 Å². The van der Waals surface area contributed by atoms with Gasteiger partial charge >= 0.3 is 0 Å². The Hall–Kier alpha value is -1.07. The predicted molar refractivity (Wildman–Crippen MR) is 85.7 cm³/mol. The first-order valence-corrected chi connectivity index (χ1v) is 8.64. The third kappa shape index (κ3) is 2.44. The molecule has 0 radical (unpaired) electrons. The van der Waals surface area contributed by atoms with Crippen LogP contribution in [0.15, 0.2) is 11.6 Å². The highest BCUT2D eigenvalue weighted by Crippen LogP contribution is 2.31. The average molecular weight is 292 g/mol. The molecule has 2 heterocycles. The summed E-state index contributed by atoms with van der Waals surface area (Å²) in [6, 6.07) is 0.685. The van der Waals surface area contributed by atoms with Crippen LogP contribution in [0.25, 0.3) is 4.96 Å². The molecule has 1 fully saturated rings. The van der Waals surface area contributed by atoms with Crippen molar-refractivity contribution in [1.82, 2.24) is 14.7 Å². The number of anilines is 1. The Morgan fingerprint density at radius 1 is 1.40 bits per heavy atom. The third-order valence-electron chi connectivity index (χ3n) is 4.26. The Kier molecular flexibility index (Phi) is 4.27. The minimum absolute atomic E-state index is 0.685. The fraction of sp³-hybridized carbons (Fsp3) is 0.667. The van der Waals surface area contributed by atoms with Gasteiger partial charge in [0.25, 0.3) is 0 Å². The van der Waals surface area contributed by atoms with Crippen molar-refractivity contribution in [3.8, 4) is 0 Å². The number of nitrogens with one attached hydrogen (secondary N) is 1. The van der Waals surface area contributed by atoms with E-state index in [1.54, 1.807) is 11.3 Å². The summed E-state index contributed by atoms with van der Waals surface area (Å²) in [6.07, 6.45) is 7.52. The molecule has 2 aromatic heterocycles. The molecule has 1 aliphatic rings. The smallest absolute Gasteiger partial charge is 0.195 e. The van der Waals surface area contributed by atoms with Crippen LogP contribution in [0, 0.1) is 0 Å². The van der Waals surface area contributed by atoms with Crippen LogP contribution in [0.1, 0.15) is 45.2 Å². The van der Waals surface area contributed by atoms with E-state index in [1.165, 1.54) is 37.2 Å². The quantitative estimate of drug-likeness (QED) is 0.887. The summed E-state index contributed by atoms with van der Waals surface area (Å²) in [7, 11) is 0. The standard InChI is InChI=1S/C15H24N4S/c1-3-16-11-13-14(17-15-19(13)9-10-20-15)18(4-2)12-7-5-6-8-12/h9-10,12,16H,3-8,11H2,1-2H3. The molecule has 110 valence electrons. The number of aromatic nitrogens is 2. The van der Waals surface area contributed by atoms with Gasteiger partial charge in [-0.25, -0.2) is 4.98 Å². The van der Waals surface area contributed by atoms with E-state index >= 15 is 0 Å². The zero-order valence-electron chi connectivity index (χ0n) is 12.4. The minimum Gasteiger partial charge on any atom is -0.352 e. The molecule has 0 aromatic carbocycles. The maximum Gasteiger partial charge on any atom is 0.195 e. The van der Waals surface area contributed by atoms with Gasteiger partial charge in [-0.3, -0.25) is 4.40 Å². The number of thiazole rings is 1. The summed E-state index contributed by atoms with van der Waals surface area (Å²) in [4.78, 5) is 8.55. The Bertz CT molecular complexity index is 553. The van der Waals surface area contributed by atoms with E-state index < -0.39 is 0 Å². The molecule has 0 atom stereocenters. The summed E-state index contributed by atoms with van der Waals surface area (Å²) >= 11 is 1.72. The first kappa shape index (κ1) is 13.9. The fourth-order valence-electron chi connectivity index (χ4n) is 3.26. The van der Waals surface area contributed by atoms with Crippen LogP contribution in [0.4, 0.5) is 5.82 Å². The van der Waals surface area contributed by atoms with Crippen LogP contribution in [0.2, 0.25) is 0 Å². The van der Waals surface area contributed by atoms with Crippen LogP contribution in [-0.2, 0) is 6.54 Å². The van der Waals surface area contributed by atoms with Crippen molar-refractivity contribution >= 4 is 22.1 Å². The topological polar surface area (TPSA) is 32.6 Å². The summed E-state index contributed by atoms with van der Waals surface area (Å²) < 4.78 is 2.25. The van der Waals surface area contributed by atoms with Gasteiger partial charge < -0.3 is 10.2 Å². The fourth-order valence-corrected chi connectivity index (χ4v) is 3.98. The molecule has 5 heteroatoms. The summed E-state index contributed by atoms with van der Waals surface area (Å²) in [5, 5.41) is 5.58. The molecular formula is C15H24N4S. The Morgan fingerprint density at radius 3 is 2.90 bits per heavy atom. The summed E-state index contributed by atoms with van der Waals surface area (Å²) in [5.74, 6) is 1.20. The molecule has 4 nitrogen and oxygen atoms in total. The van der Waals surface area contributed by atoms with Gasteiger partial charge in [0.1, 0.15) is 0 Å². The van der Waals surface area contributed by atoms with Gasteiger partial charge in [0.2, 0.25) is 0 Å². The molecular weight excluding hydrogens is 268 g/mol. The summed E-state index contributed by atoms with van der Waals surface area (Å²) in [6.45, 7) is 7.34. The lowest BCUT2D eigenvalue weighted by Crippen LogP contribution is -2.34. The first-order valence-electron chi connectivity index (χ1n) is 7.77. The molecule has 0 aliphatic heterocycles. The molecule has 0 unspecified atom stereocenters. The van der Waals surface area contributed by atoms with Crippen molar-refractivity contribution in [3.05, 3.63) is 17.3 Å². The zero-order chi connectivity index (χ0) is 13.9. The van der Waals surface area contributed by atoms with Gasteiger partial charge in [-0.1, -0.05) is 19.8 Å². The molecule has 1 N–H and O–H groups in total. The lowest BCUT2D eigenvalue weighted by Gasteiger charge is -2.28. The van der Waals surface area contributed by atoms with Crippen molar-refractivity contribution < 1.29 is 0 Å². The number of imidazole rings is 1. The second-order valence-electron chi connectivity index (χ2n) is 5.44. The molecule has 0 amide bonds. The van der Waals surface area contributed by atoms with Crippen molar-refractivity contribution in [2.75, 3.05) is 18.0 Å². The van der Waals surface area contributed by atoms with Crippen LogP contribution in [0.3, 0.4) is 0 Å². The molecule has 0 spiro atoms. The van der Waals surface area contributed by atoms with Gasteiger partial charge in [-0.2, -0.15) is 0 Å².